The molecule has 7 N–H and O–H groups in total. The monoisotopic (exact) mass is 1470 g/mol. The van der Waals surface area contributed by atoms with E-state index < -0.39 is 0 Å². The first kappa shape index (κ1) is 62.5. The summed E-state index contributed by atoms with van der Waals surface area (Å²) >= 11 is 7.73. The van der Waals surface area contributed by atoms with Crippen LogP contribution in [0.25, 0.3) is 65.6 Å². The number of hydrogen-bond acceptors (Lipinski definition) is 16. The van der Waals surface area contributed by atoms with Crippen LogP contribution in [0.15, 0.2) is 135 Å². The van der Waals surface area contributed by atoms with E-state index in [1.807, 2.05) is 138 Å². The molecule has 0 fully saturated rings. The van der Waals surface area contributed by atoms with Crippen LogP contribution in [0.3, 0.4) is 0 Å². The Bertz CT molecular complexity index is 4910. The van der Waals surface area contributed by atoms with E-state index in [1.54, 1.807) is 32.1 Å². The van der Waals surface area contributed by atoms with Crippen molar-refractivity contribution >= 4 is 137 Å². The first-order valence-electron chi connectivity index (χ1n) is 28.2. The van der Waals surface area contributed by atoms with Gasteiger partial charge in [0.05, 0.1) is 57.8 Å². The second kappa shape index (κ2) is 26.1. The number of anilines is 3. The lowest BCUT2D eigenvalue weighted by Crippen LogP contribution is -2.27. The summed E-state index contributed by atoms with van der Waals surface area (Å²) in [5, 5.41) is 26.6. The molecule has 0 amide bonds. The number of alkyl halides is 1. The fourth-order valence-electron chi connectivity index (χ4n) is 11.3. The molecule has 8 aromatic heterocycles. The van der Waals surface area contributed by atoms with Crippen molar-refractivity contribution in [1.82, 2.24) is 63.2 Å². The Morgan fingerprint density at radius 1 is 0.534 bits per heavy atom. The van der Waals surface area contributed by atoms with Crippen LogP contribution >= 0.6 is 61.1 Å². The fraction of sp³-hybridized carbons (Fsp3) is 0.250. The first-order chi connectivity index (χ1) is 42.1. The number of phenolic OH excluding ortho intramolecular Hbond substituents is 1. The minimum Gasteiger partial charge on any atom is -0.508 e. The number of halogens is 3. The number of aromatic nitrogens is 13. The van der Waals surface area contributed by atoms with Gasteiger partial charge in [0.2, 0.25) is 0 Å². The van der Waals surface area contributed by atoms with Crippen LogP contribution in [0.1, 0.15) is 105 Å². The smallest absolute Gasteiger partial charge is 0.259 e. The van der Waals surface area contributed by atoms with Gasteiger partial charge in [-0.1, -0.05) is 82.7 Å². The van der Waals surface area contributed by atoms with E-state index in [0.717, 1.165) is 90.2 Å². The number of phenols is 1. The Morgan fingerprint density at radius 2 is 0.966 bits per heavy atom. The topological polar surface area (TPSA) is 290 Å². The number of aryl methyl sites for hydroxylation is 3. The van der Waals surface area contributed by atoms with Crippen molar-refractivity contribution in [2.24, 2.45) is 4.99 Å². The average Bonchev–Trinajstić information content (AvgIpc) is 1.13. The summed E-state index contributed by atoms with van der Waals surface area (Å²) in [6, 6.07) is 31.0. The minimum atomic E-state index is -0.0384. The molecule has 0 atom stereocenters. The van der Waals surface area contributed by atoms with Crippen molar-refractivity contribution in [1.29, 1.82) is 0 Å². The highest BCUT2D eigenvalue weighted by Gasteiger charge is 2.23. The van der Waals surface area contributed by atoms with Gasteiger partial charge in [-0.05, 0) is 171 Å². The molecule has 4 aromatic carbocycles. The number of benzene rings is 4. The van der Waals surface area contributed by atoms with Crippen LogP contribution in [-0.4, -0.2) is 72.0 Å². The third-order valence-electron chi connectivity index (χ3n) is 15.1. The average molecular weight is 1470 g/mol. The molecule has 12 aromatic rings. The Labute approximate surface area is 541 Å². The van der Waals surface area contributed by atoms with Gasteiger partial charge >= 0.3 is 0 Å². The second-order valence-electron chi connectivity index (χ2n) is 22.1. The van der Waals surface area contributed by atoms with Crippen LogP contribution < -0.4 is 33.9 Å². The molecule has 1 aliphatic heterocycles. The van der Waals surface area contributed by atoms with Crippen molar-refractivity contribution in [3.05, 3.63) is 196 Å². The third-order valence-corrected chi connectivity index (χ3v) is 17.4. The summed E-state index contributed by atoms with van der Waals surface area (Å²) < 4.78 is 10.7. The molecule has 13 rings (SSSR count). The van der Waals surface area contributed by atoms with Gasteiger partial charge in [0.1, 0.15) is 55.3 Å². The minimum absolute atomic E-state index is 0.0191. The van der Waals surface area contributed by atoms with Crippen LogP contribution in [-0.2, 0) is 25.0 Å². The molecule has 0 spiro atoms. The predicted molar refractivity (Wildman–Crippen MR) is 371 cm³/mol. The molecule has 0 unspecified atom stereocenters. The summed E-state index contributed by atoms with van der Waals surface area (Å²) in [6.45, 7) is 19.4. The van der Waals surface area contributed by atoms with Crippen LogP contribution in [0.5, 0.6) is 5.75 Å². The molecule has 0 saturated heterocycles. The van der Waals surface area contributed by atoms with E-state index in [0.29, 0.717) is 70.4 Å². The molecule has 0 saturated carbocycles. The number of pyridine rings is 3. The van der Waals surface area contributed by atoms with Gasteiger partial charge < -0.3 is 36.0 Å². The Hall–Kier alpha value is -8.50. The van der Waals surface area contributed by atoms with Gasteiger partial charge in [0.15, 0.2) is 11.3 Å². The van der Waals surface area contributed by atoms with Crippen LogP contribution in [0.4, 0.5) is 17.5 Å². The number of hydrogen-bond donors (Lipinski definition) is 4. The molecular formula is C64H64BrI2N17O4. The Balaban J connectivity index is 0.000000139. The quantitative estimate of drug-likeness (QED) is 0.0772. The van der Waals surface area contributed by atoms with Crippen molar-refractivity contribution in [2.75, 3.05) is 17.2 Å². The van der Waals surface area contributed by atoms with Gasteiger partial charge in [-0.25, -0.2) is 39.3 Å². The summed E-state index contributed by atoms with van der Waals surface area (Å²) in [6.07, 6.45) is 4.31. The molecule has 0 radical (unpaired) electrons. The number of nitrogens with two attached hydrogens (primary N) is 3. The summed E-state index contributed by atoms with van der Waals surface area (Å²) in [5.41, 5.74) is 28.0. The lowest BCUT2D eigenvalue weighted by atomic mass is 10.1. The van der Waals surface area contributed by atoms with Gasteiger partial charge in [-0.3, -0.25) is 19.4 Å². The summed E-state index contributed by atoms with van der Waals surface area (Å²) in [5.74, 6) is 1.37. The zero-order chi connectivity index (χ0) is 63.0. The first-order valence-corrected chi connectivity index (χ1v) is 31.5. The van der Waals surface area contributed by atoms with E-state index in [4.69, 9.17) is 22.3 Å². The fourth-order valence-corrected chi connectivity index (χ4v) is 13.2. The highest BCUT2D eigenvalue weighted by molar-refractivity contribution is 14.1. The van der Waals surface area contributed by atoms with E-state index in [9.17, 15) is 19.5 Å². The van der Waals surface area contributed by atoms with Crippen molar-refractivity contribution in [3.8, 4) is 17.0 Å². The van der Waals surface area contributed by atoms with Gasteiger partial charge in [0, 0.05) is 46.1 Å². The predicted octanol–water partition coefficient (Wildman–Crippen LogP) is 11.8. The summed E-state index contributed by atoms with van der Waals surface area (Å²) in [7, 11) is 0. The van der Waals surface area contributed by atoms with Crippen molar-refractivity contribution in [3.63, 3.8) is 0 Å². The number of aromatic hydroxyl groups is 1. The van der Waals surface area contributed by atoms with Gasteiger partial charge in [0.25, 0.3) is 16.7 Å². The maximum atomic E-state index is 13.4. The van der Waals surface area contributed by atoms with E-state index in [-0.39, 0.29) is 40.6 Å². The lowest BCUT2D eigenvalue weighted by molar-refractivity contribution is 0.475. The molecule has 0 bridgehead atoms. The Morgan fingerprint density at radius 3 is 1.44 bits per heavy atom. The Kier molecular flexibility index (Phi) is 18.5. The molecule has 0 aliphatic carbocycles. The maximum absolute atomic E-state index is 13.4. The summed E-state index contributed by atoms with van der Waals surface area (Å²) in [4.78, 5) is 68.3. The number of nitrogen functional groups attached to an aromatic ring is 3. The third kappa shape index (κ3) is 12.2. The van der Waals surface area contributed by atoms with Gasteiger partial charge in [-0.2, -0.15) is 10.2 Å². The SMILES string of the molecule is Cc1cccc2cc(CBr)n(C(C)C)c(=O)c12.Cc1cccc2cc(Cn3nc(-c4cccc(O)c4)c4c(N)ncnc43)n(C(C)C)c(=O)c12.Cc1cccc2cc(Cn3nc(I)c4c(N)ncnc43)n(C(C)C)c(=O)c12.Nc1ncnc2c1C(I)=NC2. The molecule has 88 heavy (non-hydrogen) atoms. The zero-order valence-corrected chi connectivity index (χ0v) is 55.7. The molecule has 9 heterocycles. The normalized spacial score (nSPS) is 12.0. The number of aliphatic imine (C=N–C) groups is 1. The van der Waals surface area contributed by atoms with Crippen LogP contribution in [0, 0.1) is 24.5 Å². The van der Waals surface area contributed by atoms with E-state index in [2.05, 4.69) is 113 Å². The standard InChI is InChI=1S/C25H24N6O2.C19H19IN6O.C14H16BrNO.C6H5IN4/c1-14(2)31-18(10-16-7-4-6-15(3)20(16)25(31)33)12-30-24-21(23(26)27-13-28-24)22(29-30)17-8-5-9-19(32)11-17;1-10(2)26-13(7-12-6-4-5-11(3)14(12)19(26)27)8-25-18-15(16(20)24-25)17(21)22-9-23-18;1-9(2)16-12(8-15)7-11-6-4-5-10(3)13(11)14(16)17;7-5-4-3(1-9-5)10-2-11-6(4)8/h4-11,13-14,32H,12H2,1-3H3,(H2,26,27,28);4-7,9-10H,8H2,1-3H3,(H2,21,22,23);4-7,9H,8H2,1-3H3;2H,1H2,(H2,8,10,11). The maximum Gasteiger partial charge on any atom is 0.259 e. The second-order valence-corrected chi connectivity index (χ2v) is 24.7. The van der Waals surface area contributed by atoms with Crippen molar-refractivity contribution in [2.45, 2.75) is 105 Å². The molecule has 24 heteroatoms. The molecular weight excluding hydrogens is 1400 g/mol. The lowest BCUT2D eigenvalue weighted by Gasteiger charge is -2.18. The molecule has 450 valence electrons. The number of fused-ring (bicyclic) bond motifs is 6. The number of rotatable bonds is 9. The highest BCUT2D eigenvalue weighted by Crippen LogP contribution is 2.33. The van der Waals surface area contributed by atoms with Crippen molar-refractivity contribution < 1.29 is 5.11 Å². The highest BCUT2D eigenvalue weighted by atomic mass is 127. The van der Waals surface area contributed by atoms with E-state index in [1.165, 1.54) is 19.0 Å². The molecule has 1 aliphatic rings. The largest absolute Gasteiger partial charge is 0.508 e. The van der Waals surface area contributed by atoms with Crippen LogP contribution in [0.2, 0.25) is 0 Å². The molecule has 21 nitrogen and oxygen atoms in total. The van der Waals surface area contributed by atoms with E-state index >= 15 is 0 Å². The van der Waals surface area contributed by atoms with Gasteiger partial charge in [-0.15, -0.1) is 0 Å². The number of nitrogens with zero attached hydrogens (tertiary/aromatic N) is 14. The zero-order valence-electron chi connectivity index (χ0n) is 49.8.